The van der Waals surface area contributed by atoms with Crippen molar-refractivity contribution < 1.29 is 18.3 Å². The normalized spacial score (nSPS) is 10.9. The molecule has 0 aliphatic heterocycles. The molecule has 1 heterocycles. The fourth-order valence-electron chi connectivity index (χ4n) is 1.55. The zero-order chi connectivity index (χ0) is 15.9. The third kappa shape index (κ3) is 4.59. The SMILES string of the molecule is O=C(N/N=C\c1cc(Br)ccc1OC(F)F)c1ccncc1. The molecule has 2 aromatic rings. The number of amides is 1. The van der Waals surface area contributed by atoms with Crippen molar-refractivity contribution in [3.8, 4) is 5.75 Å². The summed E-state index contributed by atoms with van der Waals surface area (Å²) in [6.45, 7) is -2.94. The number of ether oxygens (including phenoxy) is 1. The molecule has 0 bridgehead atoms. The highest BCUT2D eigenvalue weighted by molar-refractivity contribution is 9.10. The van der Waals surface area contributed by atoms with Crippen molar-refractivity contribution in [1.82, 2.24) is 10.4 Å². The average molecular weight is 370 g/mol. The van der Waals surface area contributed by atoms with E-state index in [1.807, 2.05) is 0 Å². The monoisotopic (exact) mass is 369 g/mol. The molecule has 22 heavy (non-hydrogen) atoms. The second kappa shape index (κ2) is 7.60. The maximum Gasteiger partial charge on any atom is 0.387 e. The molecule has 5 nitrogen and oxygen atoms in total. The van der Waals surface area contributed by atoms with Gasteiger partial charge in [-0.15, -0.1) is 0 Å². The van der Waals surface area contributed by atoms with Crippen molar-refractivity contribution in [2.75, 3.05) is 0 Å². The van der Waals surface area contributed by atoms with Gasteiger partial charge in [0.25, 0.3) is 5.91 Å². The van der Waals surface area contributed by atoms with Gasteiger partial charge < -0.3 is 4.74 Å². The van der Waals surface area contributed by atoms with E-state index in [0.717, 1.165) is 0 Å². The van der Waals surface area contributed by atoms with Gasteiger partial charge in [0.2, 0.25) is 0 Å². The number of alkyl halides is 2. The van der Waals surface area contributed by atoms with Gasteiger partial charge >= 0.3 is 6.61 Å². The van der Waals surface area contributed by atoms with Gasteiger partial charge in [-0.05, 0) is 30.3 Å². The number of halogens is 3. The molecule has 0 radical (unpaired) electrons. The second-order valence-corrected chi connectivity index (χ2v) is 4.91. The first-order valence-electron chi connectivity index (χ1n) is 6.04. The minimum Gasteiger partial charge on any atom is -0.434 e. The van der Waals surface area contributed by atoms with Crippen LogP contribution in [0.2, 0.25) is 0 Å². The number of rotatable bonds is 5. The Kier molecular flexibility index (Phi) is 5.54. The van der Waals surface area contributed by atoms with Gasteiger partial charge in [-0.1, -0.05) is 15.9 Å². The minimum absolute atomic E-state index is 0.0416. The van der Waals surface area contributed by atoms with Crippen LogP contribution in [-0.2, 0) is 0 Å². The van der Waals surface area contributed by atoms with Gasteiger partial charge in [0.05, 0.1) is 6.21 Å². The molecule has 114 valence electrons. The fourth-order valence-corrected chi connectivity index (χ4v) is 1.93. The molecule has 0 aliphatic carbocycles. The Bertz CT molecular complexity index is 681. The summed E-state index contributed by atoms with van der Waals surface area (Å²) in [6.07, 6.45) is 4.17. The number of nitrogens with one attached hydrogen (secondary N) is 1. The summed E-state index contributed by atoms with van der Waals surface area (Å²) in [4.78, 5) is 15.5. The number of hydrogen-bond acceptors (Lipinski definition) is 4. The molecular weight excluding hydrogens is 360 g/mol. The van der Waals surface area contributed by atoms with Crippen LogP contribution < -0.4 is 10.2 Å². The van der Waals surface area contributed by atoms with E-state index in [4.69, 9.17) is 0 Å². The van der Waals surface area contributed by atoms with E-state index in [2.05, 4.69) is 36.2 Å². The number of pyridine rings is 1. The van der Waals surface area contributed by atoms with E-state index in [1.54, 1.807) is 12.1 Å². The van der Waals surface area contributed by atoms with E-state index in [-0.39, 0.29) is 5.75 Å². The Hall–Kier alpha value is -2.35. The number of carbonyl (C=O) groups excluding carboxylic acids is 1. The first-order chi connectivity index (χ1) is 10.6. The first kappa shape index (κ1) is 16.0. The van der Waals surface area contributed by atoms with Gasteiger partial charge in [0.1, 0.15) is 5.75 Å². The van der Waals surface area contributed by atoms with Crippen LogP contribution in [0.5, 0.6) is 5.75 Å². The van der Waals surface area contributed by atoms with Crippen molar-refractivity contribution >= 4 is 28.1 Å². The zero-order valence-corrected chi connectivity index (χ0v) is 12.6. The highest BCUT2D eigenvalue weighted by Gasteiger charge is 2.09. The summed E-state index contributed by atoms with van der Waals surface area (Å²) in [7, 11) is 0. The number of carbonyl (C=O) groups is 1. The molecule has 0 saturated heterocycles. The van der Waals surface area contributed by atoms with E-state index in [0.29, 0.717) is 15.6 Å². The summed E-state index contributed by atoms with van der Waals surface area (Å²) in [6, 6.07) is 7.53. The summed E-state index contributed by atoms with van der Waals surface area (Å²) in [5.74, 6) is -0.481. The summed E-state index contributed by atoms with van der Waals surface area (Å²) < 4.78 is 29.7. The van der Waals surface area contributed by atoms with E-state index >= 15 is 0 Å². The van der Waals surface area contributed by atoms with Crippen molar-refractivity contribution in [2.24, 2.45) is 5.10 Å². The molecule has 0 fully saturated rings. The fraction of sp³-hybridized carbons (Fsp3) is 0.0714. The smallest absolute Gasteiger partial charge is 0.387 e. The Morgan fingerprint density at radius 3 is 2.73 bits per heavy atom. The van der Waals surface area contributed by atoms with Crippen LogP contribution in [0.4, 0.5) is 8.78 Å². The second-order valence-electron chi connectivity index (χ2n) is 4.00. The molecule has 1 aromatic heterocycles. The predicted molar refractivity (Wildman–Crippen MR) is 80.1 cm³/mol. The highest BCUT2D eigenvalue weighted by Crippen LogP contribution is 2.23. The summed E-state index contributed by atoms with van der Waals surface area (Å²) in [5, 5.41) is 3.74. The molecule has 0 unspecified atom stereocenters. The lowest BCUT2D eigenvalue weighted by Gasteiger charge is -2.08. The molecule has 8 heteroatoms. The maximum absolute atomic E-state index is 12.3. The van der Waals surface area contributed by atoms with Crippen molar-refractivity contribution in [1.29, 1.82) is 0 Å². The van der Waals surface area contributed by atoms with Gasteiger partial charge in [0, 0.05) is 28.0 Å². The Labute approximate surface area is 133 Å². The molecule has 2 rings (SSSR count). The highest BCUT2D eigenvalue weighted by atomic mass is 79.9. The van der Waals surface area contributed by atoms with Crippen LogP contribution in [0.15, 0.2) is 52.3 Å². The van der Waals surface area contributed by atoms with E-state index in [1.165, 1.54) is 36.8 Å². The Balaban J connectivity index is 2.09. The third-order valence-electron chi connectivity index (χ3n) is 2.50. The van der Waals surface area contributed by atoms with Crippen molar-refractivity contribution in [3.05, 3.63) is 58.3 Å². The van der Waals surface area contributed by atoms with Crippen LogP contribution in [0.25, 0.3) is 0 Å². The Morgan fingerprint density at radius 1 is 1.32 bits per heavy atom. The van der Waals surface area contributed by atoms with Crippen LogP contribution in [0.3, 0.4) is 0 Å². The van der Waals surface area contributed by atoms with Crippen LogP contribution in [0, 0.1) is 0 Å². The van der Waals surface area contributed by atoms with Gasteiger partial charge in [-0.3, -0.25) is 9.78 Å². The molecule has 1 N–H and O–H groups in total. The molecular formula is C14H10BrF2N3O2. The summed E-state index contributed by atoms with van der Waals surface area (Å²) in [5.41, 5.74) is 2.97. The number of aromatic nitrogens is 1. The predicted octanol–water partition coefficient (Wildman–Crippen LogP) is 3.21. The van der Waals surface area contributed by atoms with Crippen molar-refractivity contribution in [2.45, 2.75) is 6.61 Å². The zero-order valence-electron chi connectivity index (χ0n) is 11.0. The van der Waals surface area contributed by atoms with Crippen molar-refractivity contribution in [3.63, 3.8) is 0 Å². The number of hydrogen-bond donors (Lipinski definition) is 1. The van der Waals surface area contributed by atoms with Crippen LogP contribution in [-0.4, -0.2) is 23.7 Å². The number of hydrazone groups is 1. The van der Waals surface area contributed by atoms with Gasteiger partial charge in [0.15, 0.2) is 0 Å². The molecule has 1 amide bonds. The van der Waals surface area contributed by atoms with Gasteiger partial charge in [-0.25, -0.2) is 5.43 Å². The minimum atomic E-state index is -2.94. The molecule has 0 atom stereocenters. The maximum atomic E-state index is 12.3. The van der Waals surface area contributed by atoms with Crippen LogP contribution >= 0.6 is 15.9 Å². The lowest BCUT2D eigenvalue weighted by molar-refractivity contribution is -0.0499. The number of benzene rings is 1. The first-order valence-corrected chi connectivity index (χ1v) is 6.83. The average Bonchev–Trinajstić information content (AvgIpc) is 2.50. The van der Waals surface area contributed by atoms with E-state index in [9.17, 15) is 13.6 Å². The van der Waals surface area contributed by atoms with Crippen LogP contribution in [0.1, 0.15) is 15.9 Å². The molecule has 0 aliphatic rings. The summed E-state index contributed by atoms with van der Waals surface area (Å²) >= 11 is 3.22. The van der Waals surface area contributed by atoms with E-state index < -0.39 is 12.5 Å². The largest absolute Gasteiger partial charge is 0.434 e. The van der Waals surface area contributed by atoms with Gasteiger partial charge in [-0.2, -0.15) is 13.9 Å². The molecule has 1 aromatic carbocycles. The Morgan fingerprint density at radius 2 is 2.05 bits per heavy atom. The molecule has 0 spiro atoms. The number of nitrogens with zero attached hydrogens (tertiary/aromatic N) is 2. The lowest BCUT2D eigenvalue weighted by atomic mass is 10.2. The quantitative estimate of drug-likeness (QED) is 0.650. The standard InChI is InChI=1S/C14H10BrF2N3O2/c15-11-1-2-12(22-14(16)17)10(7-11)8-19-20-13(21)9-3-5-18-6-4-9/h1-8,14H,(H,20,21)/b19-8-. The third-order valence-corrected chi connectivity index (χ3v) is 2.99. The molecule has 0 saturated carbocycles. The lowest BCUT2D eigenvalue weighted by Crippen LogP contribution is -2.17. The topological polar surface area (TPSA) is 63.6 Å².